The number of nitrogens with one attached hydrogen (secondary N) is 1. The van der Waals surface area contributed by atoms with Crippen LogP contribution in [0.3, 0.4) is 0 Å². The van der Waals surface area contributed by atoms with E-state index < -0.39 is 10.8 Å². The SMILES string of the molecule is CCCNC(CS(=O)c1ccc(F)cc1)C(C)CC. The first kappa shape index (κ1) is 16.3. The van der Waals surface area contributed by atoms with Gasteiger partial charge in [0.2, 0.25) is 0 Å². The molecule has 0 amide bonds. The van der Waals surface area contributed by atoms with Gasteiger partial charge in [0.1, 0.15) is 5.82 Å². The Morgan fingerprint density at radius 2 is 1.89 bits per heavy atom. The smallest absolute Gasteiger partial charge is 0.123 e. The zero-order valence-corrected chi connectivity index (χ0v) is 12.8. The van der Waals surface area contributed by atoms with Crippen LogP contribution in [-0.2, 0) is 10.8 Å². The van der Waals surface area contributed by atoms with E-state index in [4.69, 9.17) is 0 Å². The molecule has 0 aliphatic rings. The Labute approximate surface area is 118 Å². The van der Waals surface area contributed by atoms with E-state index in [1.807, 2.05) is 0 Å². The van der Waals surface area contributed by atoms with Crippen LogP contribution in [0.1, 0.15) is 33.6 Å². The number of rotatable bonds is 8. The van der Waals surface area contributed by atoms with Crippen molar-refractivity contribution in [2.24, 2.45) is 5.92 Å². The Kier molecular flexibility index (Phi) is 7.24. The van der Waals surface area contributed by atoms with Gasteiger partial charge in [-0.25, -0.2) is 4.39 Å². The first-order valence-electron chi connectivity index (χ1n) is 6.95. The molecular formula is C15H24FNOS. The maximum Gasteiger partial charge on any atom is 0.123 e. The summed E-state index contributed by atoms with van der Waals surface area (Å²) in [5.41, 5.74) is 0. The van der Waals surface area contributed by atoms with Crippen molar-refractivity contribution >= 4 is 10.8 Å². The van der Waals surface area contributed by atoms with Crippen molar-refractivity contribution in [3.63, 3.8) is 0 Å². The van der Waals surface area contributed by atoms with Gasteiger partial charge in [-0.1, -0.05) is 27.2 Å². The van der Waals surface area contributed by atoms with Crippen LogP contribution in [-0.4, -0.2) is 22.5 Å². The molecule has 19 heavy (non-hydrogen) atoms. The second kappa shape index (κ2) is 8.43. The van der Waals surface area contributed by atoms with Gasteiger partial charge in [0.05, 0.1) is 10.8 Å². The van der Waals surface area contributed by atoms with Crippen LogP contribution >= 0.6 is 0 Å². The van der Waals surface area contributed by atoms with Crippen molar-refractivity contribution in [1.29, 1.82) is 0 Å². The molecule has 108 valence electrons. The molecule has 0 saturated heterocycles. The summed E-state index contributed by atoms with van der Waals surface area (Å²) >= 11 is 0. The molecule has 0 radical (unpaired) electrons. The van der Waals surface area contributed by atoms with Crippen LogP contribution in [0.15, 0.2) is 29.2 Å². The fourth-order valence-corrected chi connectivity index (χ4v) is 3.29. The summed E-state index contributed by atoms with van der Waals surface area (Å²) in [5.74, 6) is 0.778. The predicted octanol–water partition coefficient (Wildman–Crippen LogP) is 3.35. The van der Waals surface area contributed by atoms with Gasteiger partial charge < -0.3 is 5.32 Å². The molecule has 3 atom stereocenters. The highest BCUT2D eigenvalue weighted by Gasteiger charge is 2.18. The third-order valence-electron chi connectivity index (χ3n) is 3.39. The van der Waals surface area contributed by atoms with E-state index in [1.54, 1.807) is 12.1 Å². The maximum atomic E-state index is 12.9. The zero-order chi connectivity index (χ0) is 14.3. The van der Waals surface area contributed by atoms with Crippen LogP contribution in [0, 0.1) is 11.7 Å². The van der Waals surface area contributed by atoms with E-state index in [1.165, 1.54) is 12.1 Å². The molecule has 0 aliphatic carbocycles. The third kappa shape index (κ3) is 5.41. The van der Waals surface area contributed by atoms with Gasteiger partial charge in [0.15, 0.2) is 0 Å². The first-order chi connectivity index (χ1) is 9.08. The summed E-state index contributed by atoms with van der Waals surface area (Å²) < 4.78 is 25.1. The molecule has 0 heterocycles. The second-order valence-electron chi connectivity index (χ2n) is 4.91. The number of hydrogen-bond donors (Lipinski definition) is 1. The highest BCUT2D eigenvalue weighted by molar-refractivity contribution is 7.85. The zero-order valence-electron chi connectivity index (χ0n) is 12.0. The Morgan fingerprint density at radius 3 is 2.42 bits per heavy atom. The average Bonchev–Trinajstić information content (AvgIpc) is 2.43. The molecule has 1 aromatic rings. The van der Waals surface area contributed by atoms with Crippen LogP contribution in [0.4, 0.5) is 4.39 Å². The summed E-state index contributed by atoms with van der Waals surface area (Å²) in [6, 6.07) is 6.20. The van der Waals surface area contributed by atoms with E-state index in [2.05, 4.69) is 26.1 Å². The van der Waals surface area contributed by atoms with Gasteiger partial charge in [-0.3, -0.25) is 4.21 Å². The molecule has 0 bridgehead atoms. The number of halogens is 1. The highest BCUT2D eigenvalue weighted by atomic mass is 32.2. The molecule has 0 aromatic heterocycles. The summed E-state index contributed by atoms with van der Waals surface area (Å²) in [7, 11) is -1.08. The summed E-state index contributed by atoms with van der Waals surface area (Å²) in [6.07, 6.45) is 2.12. The topological polar surface area (TPSA) is 29.1 Å². The maximum absolute atomic E-state index is 12.9. The molecule has 0 spiro atoms. The lowest BCUT2D eigenvalue weighted by Crippen LogP contribution is -2.39. The third-order valence-corrected chi connectivity index (χ3v) is 4.85. The molecule has 1 aromatic carbocycles. The van der Waals surface area contributed by atoms with Crippen molar-refractivity contribution in [1.82, 2.24) is 5.32 Å². The minimum atomic E-state index is -1.08. The minimum absolute atomic E-state index is 0.246. The molecule has 2 nitrogen and oxygen atoms in total. The van der Waals surface area contributed by atoms with E-state index in [0.29, 0.717) is 16.6 Å². The fraction of sp³-hybridized carbons (Fsp3) is 0.600. The molecule has 0 fully saturated rings. The van der Waals surface area contributed by atoms with E-state index >= 15 is 0 Å². The summed E-state index contributed by atoms with van der Waals surface area (Å²) in [5, 5.41) is 3.47. The largest absolute Gasteiger partial charge is 0.313 e. The van der Waals surface area contributed by atoms with Crippen molar-refractivity contribution in [3.8, 4) is 0 Å². The monoisotopic (exact) mass is 285 g/mol. The molecule has 3 unspecified atom stereocenters. The molecule has 1 rings (SSSR count). The normalized spacial score (nSPS) is 16.0. The van der Waals surface area contributed by atoms with Gasteiger partial charge in [-0.15, -0.1) is 0 Å². The number of hydrogen-bond acceptors (Lipinski definition) is 2. The quantitative estimate of drug-likeness (QED) is 0.793. The van der Waals surface area contributed by atoms with Crippen molar-refractivity contribution < 1.29 is 8.60 Å². The van der Waals surface area contributed by atoms with Crippen molar-refractivity contribution in [2.75, 3.05) is 12.3 Å². The standard InChI is InChI=1S/C15H24FNOS/c1-4-10-17-15(12(3)5-2)11-19(18)14-8-6-13(16)7-9-14/h6-9,12,15,17H,4-5,10-11H2,1-3H3. The lowest BCUT2D eigenvalue weighted by Gasteiger charge is -2.24. The predicted molar refractivity (Wildman–Crippen MR) is 79.2 cm³/mol. The van der Waals surface area contributed by atoms with Gasteiger partial charge in [0.25, 0.3) is 0 Å². The highest BCUT2D eigenvalue weighted by Crippen LogP contribution is 2.14. The molecule has 0 saturated carbocycles. The lowest BCUT2D eigenvalue weighted by molar-refractivity contribution is 0.394. The van der Waals surface area contributed by atoms with E-state index in [-0.39, 0.29) is 11.9 Å². The molecule has 1 N–H and O–H groups in total. The molecule has 0 aliphatic heterocycles. The summed E-state index contributed by atoms with van der Waals surface area (Å²) in [4.78, 5) is 0.702. The minimum Gasteiger partial charge on any atom is -0.313 e. The van der Waals surface area contributed by atoms with Gasteiger partial charge in [-0.05, 0) is 43.1 Å². The Morgan fingerprint density at radius 1 is 1.26 bits per heavy atom. The van der Waals surface area contributed by atoms with Crippen LogP contribution < -0.4 is 5.32 Å². The van der Waals surface area contributed by atoms with Crippen molar-refractivity contribution in [2.45, 2.75) is 44.6 Å². The molecule has 4 heteroatoms. The van der Waals surface area contributed by atoms with Crippen LogP contribution in [0.5, 0.6) is 0 Å². The average molecular weight is 285 g/mol. The van der Waals surface area contributed by atoms with Gasteiger partial charge in [-0.2, -0.15) is 0 Å². The van der Waals surface area contributed by atoms with Gasteiger partial charge >= 0.3 is 0 Å². The van der Waals surface area contributed by atoms with Crippen LogP contribution in [0.25, 0.3) is 0 Å². The summed E-state index contributed by atoms with van der Waals surface area (Å²) in [6.45, 7) is 7.38. The number of benzene rings is 1. The second-order valence-corrected chi connectivity index (χ2v) is 6.41. The fourth-order valence-electron chi connectivity index (χ4n) is 1.88. The lowest BCUT2D eigenvalue weighted by atomic mass is 10.0. The van der Waals surface area contributed by atoms with E-state index in [0.717, 1.165) is 19.4 Å². The first-order valence-corrected chi connectivity index (χ1v) is 8.27. The Balaban J connectivity index is 2.66. The Bertz CT molecular complexity index is 394. The van der Waals surface area contributed by atoms with Crippen molar-refractivity contribution in [3.05, 3.63) is 30.1 Å². The van der Waals surface area contributed by atoms with Crippen LogP contribution in [0.2, 0.25) is 0 Å². The van der Waals surface area contributed by atoms with Gasteiger partial charge in [0, 0.05) is 16.7 Å². The van der Waals surface area contributed by atoms with E-state index in [9.17, 15) is 8.60 Å². The molecular weight excluding hydrogens is 261 g/mol. The Hall–Kier alpha value is -0.740.